The third-order valence-corrected chi connectivity index (χ3v) is 3.86. The maximum Gasteiger partial charge on any atom is 0.255 e. The highest BCUT2D eigenvalue weighted by Crippen LogP contribution is 2.19. The molecule has 0 saturated carbocycles. The monoisotopic (exact) mass is 303 g/mol. The van der Waals surface area contributed by atoms with Gasteiger partial charge in [0.1, 0.15) is 6.17 Å². The summed E-state index contributed by atoms with van der Waals surface area (Å²) in [5.74, 6) is 0.377. The molecular weight excluding hydrogens is 285 g/mol. The van der Waals surface area contributed by atoms with Gasteiger partial charge in [0.15, 0.2) is 0 Å². The second-order valence-electron chi connectivity index (χ2n) is 5.59. The van der Waals surface area contributed by atoms with Crippen LogP contribution in [0.3, 0.4) is 0 Å². The molecule has 7 heteroatoms. The van der Waals surface area contributed by atoms with E-state index in [1.54, 1.807) is 31.6 Å². The van der Waals surface area contributed by atoms with Crippen molar-refractivity contribution in [3.05, 3.63) is 40.9 Å². The van der Waals surface area contributed by atoms with Crippen molar-refractivity contribution >= 4 is 5.95 Å². The summed E-state index contributed by atoms with van der Waals surface area (Å²) in [4.78, 5) is 22.4. The van der Waals surface area contributed by atoms with Crippen LogP contribution in [0.1, 0.15) is 0 Å². The molecule has 0 bridgehead atoms. The average molecular weight is 303 g/mol. The molecule has 0 aliphatic carbocycles. The predicted molar refractivity (Wildman–Crippen MR) is 82.5 cm³/mol. The fourth-order valence-corrected chi connectivity index (χ4v) is 2.59. The van der Waals surface area contributed by atoms with Gasteiger partial charge in [-0.2, -0.15) is 0 Å². The fraction of sp³-hybridized carbons (Fsp3) is 0.400. The molecule has 0 radical (unpaired) electrons. The Labute approximate surface area is 127 Å². The molecule has 0 spiro atoms. The topological polar surface area (TPSA) is 63.0 Å². The number of halogens is 1. The van der Waals surface area contributed by atoms with Gasteiger partial charge in [0.25, 0.3) is 5.56 Å². The van der Waals surface area contributed by atoms with E-state index in [4.69, 9.17) is 0 Å². The number of pyridine rings is 1. The second kappa shape index (κ2) is 5.84. The number of likely N-dealkylation sites (tertiary alicyclic amines) is 1. The van der Waals surface area contributed by atoms with Crippen LogP contribution in [0.25, 0.3) is 11.3 Å². The van der Waals surface area contributed by atoms with Crippen LogP contribution in [0.4, 0.5) is 10.3 Å². The van der Waals surface area contributed by atoms with Crippen LogP contribution in [0.2, 0.25) is 0 Å². The number of nitrogens with one attached hydrogen (secondary N) is 1. The smallest absolute Gasteiger partial charge is 0.255 e. The van der Waals surface area contributed by atoms with Crippen LogP contribution >= 0.6 is 0 Å². The molecule has 1 N–H and O–H groups in total. The Balaban J connectivity index is 1.94. The van der Waals surface area contributed by atoms with Crippen LogP contribution in [-0.2, 0) is 7.05 Å². The van der Waals surface area contributed by atoms with Gasteiger partial charge in [0.2, 0.25) is 5.95 Å². The number of rotatable bonds is 3. The molecule has 6 nitrogen and oxygen atoms in total. The number of alkyl halides is 1. The molecule has 2 aromatic rings. The summed E-state index contributed by atoms with van der Waals surface area (Å²) >= 11 is 0. The Hall–Kier alpha value is -2.28. The van der Waals surface area contributed by atoms with Crippen LogP contribution in [0.15, 0.2) is 35.4 Å². The largest absolute Gasteiger partial charge is 0.349 e. The maximum atomic E-state index is 14.0. The minimum atomic E-state index is -0.980. The lowest BCUT2D eigenvalue weighted by atomic mass is 10.2. The molecule has 1 aliphatic heterocycles. The summed E-state index contributed by atoms with van der Waals surface area (Å²) in [5.41, 5.74) is 1.16. The van der Waals surface area contributed by atoms with Crippen molar-refractivity contribution in [1.29, 1.82) is 0 Å². The lowest BCUT2D eigenvalue weighted by Crippen LogP contribution is -2.33. The first-order chi connectivity index (χ1) is 10.5. The fourth-order valence-electron chi connectivity index (χ4n) is 2.59. The Morgan fingerprint density at radius 2 is 2.00 bits per heavy atom. The highest BCUT2D eigenvalue weighted by atomic mass is 19.1. The number of anilines is 1. The second-order valence-corrected chi connectivity index (χ2v) is 5.59. The van der Waals surface area contributed by atoms with E-state index in [0.717, 1.165) is 5.56 Å². The first-order valence-corrected chi connectivity index (χ1v) is 7.12. The lowest BCUT2D eigenvalue weighted by Gasteiger charge is -2.17. The highest BCUT2D eigenvalue weighted by Gasteiger charge is 2.31. The van der Waals surface area contributed by atoms with Gasteiger partial charge in [-0.25, -0.2) is 9.37 Å². The van der Waals surface area contributed by atoms with Crippen molar-refractivity contribution < 1.29 is 4.39 Å². The van der Waals surface area contributed by atoms with E-state index in [-0.39, 0.29) is 11.6 Å². The molecule has 0 unspecified atom stereocenters. The van der Waals surface area contributed by atoms with Crippen LogP contribution in [0.5, 0.6) is 0 Å². The van der Waals surface area contributed by atoms with Crippen LogP contribution in [-0.4, -0.2) is 51.8 Å². The van der Waals surface area contributed by atoms with Crippen LogP contribution in [0, 0.1) is 0 Å². The first-order valence-electron chi connectivity index (χ1n) is 7.12. The maximum absolute atomic E-state index is 14.0. The number of nitrogens with zero attached hydrogens (tertiary/aromatic N) is 4. The van der Waals surface area contributed by atoms with Crippen molar-refractivity contribution in [1.82, 2.24) is 19.4 Å². The van der Waals surface area contributed by atoms with Crippen molar-refractivity contribution in [2.24, 2.45) is 7.05 Å². The van der Waals surface area contributed by atoms with E-state index < -0.39 is 6.17 Å². The molecule has 22 heavy (non-hydrogen) atoms. The Kier molecular flexibility index (Phi) is 3.89. The van der Waals surface area contributed by atoms with Gasteiger partial charge in [-0.05, 0) is 19.2 Å². The Morgan fingerprint density at radius 1 is 1.27 bits per heavy atom. The van der Waals surface area contributed by atoms with Crippen molar-refractivity contribution in [2.75, 3.05) is 25.5 Å². The van der Waals surface area contributed by atoms with Gasteiger partial charge in [-0.3, -0.25) is 14.3 Å². The summed E-state index contributed by atoms with van der Waals surface area (Å²) in [6.45, 7) is 0.964. The molecule has 1 saturated heterocycles. The van der Waals surface area contributed by atoms with Gasteiger partial charge in [0.05, 0.1) is 11.7 Å². The van der Waals surface area contributed by atoms with E-state index in [9.17, 15) is 9.18 Å². The third-order valence-electron chi connectivity index (χ3n) is 3.86. The summed E-state index contributed by atoms with van der Waals surface area (Å²) < 4.78 is 15.4. The van der Waals surface area contributed by atoms with Gasteiger partial charge < -0.3 is 10.2 Å². The van der Waals surface area contributed by atoms with Crippen molar-refractivity contribution in [3.63, 3.8) is 0 Å². The Morgan fingerprint density at radius 3 is 2.64 bits per heavy atom. The minimum absolute atomic E-state index is 0.189. The number of aromatic nitrogens is 3. The van der Waals surface area contributed by atoms with Gasteiger partial charge in [0, 0.05) is 44.2 Å². The quantitative estimate of drug-likeness (QED) is 0.913. The Bertz CT molecular complexity index is 718. The molecule has 2 aromatic heterocycles. The zero-order valence-electron chi connectivity index (χ0n) is 12.5. The van der Waals surface area contributed by atoms with Crippen molar-refractivity contribution in [2.45, 2.75) is 12.2 Å². The molecule has 1 aliphatic rings. The third kappa shape index (κ3) is 2.85. The molecular formula is C15H18FN5O. The molecule has 0 amide bonds. The van der Waals surface area contributed by atoms with Crippen molar-refractivity contribution in [3.8, 4) is 11.3 Å². The molecule has 3 heterocycles. The minimum Gasteiger partial charge on any atom is -0.349 e. The van der Waals surface area contributed by atoms with Gasteiger partial charge in [-0.1, -0.05) is 0 Å². The normalized spacial score (nSPS) is 22.0. The molecule has 1 fully saturated rings. The number of hydrogen-bond donors (Lipinski definition) is 1. The van der Waals surface area contributed by atoms with Crippen LogP contribution < -0.4 is 10.9 Å². The lowest BCUT2D eigenvalue weighted by molar-refractivity contribution is 0.313. The first kappa shape index (κ1) is 14.6. The SMILES string of the molecule is CN1C[C@@H](F)[C@H](Nc2nc(-c3ccncc3)cc(=O)n2C)C1. The molecule has 116 valence electrons. The summed E-state index contributed by atoms with van der Waals surface area (Å²) in [6, 6.07) is 4.67. The molecule has 0 aromatic carbocycles. The van der Waals surface area contributed by atoms with Gasteiger partial charge >= 0.3 is 0 Å². The summed E-state index contributed by atoms with van der Waals surface area (Å²) in [6.07, 6.45) is 2.31. The van der Waals surface area contributed by atoms with E-state index in [0.29, 0.717) is 24.7 Å². The van der Waals surface area contributed by atoms with E-state index in [1.165, 1.54) is 10.6 Å². The zero-order chi connectivity index (χ0) is 15.7. The van der Waals surface area contributed by atoms with E-state index >= 15 is 0 Å². The van der Waals surface area contributed by atoms with Gasteiger partial charge in [-0.15, -0.1) is 0 Å². The summed E-state index contributed by atoms with van der Waals surface area (Å²) in [5, 5.41) is 3.06. The standard InChI is InChI=1S/C15H18FN5O/c1-20-8-11(16)13(9-20)19-15-18-12(7-14(22)21(15)2)10-3-5-17-6-4-10/h3-7,11,13H,8-9H2,1-2H3,(H,18,19)/t11-,13-/m1/s1. The van der Waals surface area contributed by atoms with E-state index in [1.807, 2.05) is 11.9 Å². The highest BCUT2D eigenvalue weighted by molar-refractivity contribution is 5.59. The average Bonchev–Trinajstić information content (AvgIpc) is 2.82. The zero-order valence-corrected chi connectivity index (χ0v) is 12.5. The summed E-state index contributed by atoms with van der Waals surface area (Å²) in [7, 11) is 3.49. The molecule has 3 rings (SSSR count). The predicted octanol–water partition coefficient (Wildman–Crippen LogP) is 0.906. The van der Waals surface area contributed by atoms with E-state index in [2.05, 4.69) is 15.3 Å². The molecule has 2 atom stereocenters. The number of hydrogen-bond acceptors (Lipinski definition) is 5. The number of likely N-dealkylation sites (N-methyl/N-ethyl adjacent to an activating group) is 1.